The fourth-order valence-corrected chi connectivity index (χ4v) is 4.33. The summed E-state index contributed by atoms with van der Waals surface area (Å²) in [6, 6.07) is 1.60. The first-order chi connectivity index (χ1) is 10.2. The Balaban J connectivity index is 2.39. The molecule has 1 heterocycles. The zero-order valence-electron chi connectivity index (χ0n) is 12.0. The van der Waals surface area contributed by atoms with E-state index in [1.807, 2.05) is 0 Å². The van der Waals surface area contributed by atoms with Gasteiger partial charge in [0, 0.05) is 10.5 Å². The predicted molar refractivity (Wildman–Crippen MR) is 81.7 cm³/mol. The number of carboxylic acids is 1. The molecule has 0 aromatic heterocycles. The minimum atomic E-state index is -4.03. The normalized spacial score (nSPS) is 15.6. The molecule has 0 fully saturated rings. The Morgan fingerprint density at radius 1 is 1.27 bits per heavy atom. The molecule has 9 heteroatoms. The van der Waals surface area contributed by atoms with Gasteiger partial charge in [-0.2, -0.15) is 4.72 Å². The van der Waals surface area contributed by atoms with Gasteiger partial charge in [-0.25, -0.2) is 8.42 Å². The lowest BCUT2D eigenvalue weighted by atomic mass is 10.1. The lowest BCUT2D eigenvalue weighted by Crippen LogP contribution is -2.44. The lowest BCUT2D eigenvalue weighted by molar-refractivity contribution is -0.140. The lowest BCUT2D eigenvalue weighted by Gasteiger charge is -2.21. The summed E-state index contributed by atoms with van der Waals surface area (Å²) in [4.78, 5) is 11.1. The Morgan fingerprint density at radius 2 is 1.82 bits per heavy atom. The zero-order valence-corrected chi connectivity index (χ0v) is 14.4. The van der Waals surface area contributed by atoms with E-state index < -0.39 is 28.0 Å². The molecule has 7 nitrogen and oxygen atoms in total. The van der Waals surface area contributed by atoms with E-state index in [-0.39, 0.29) is 9.37 Å². The van der Waals surface area contributed by atoms with E-state index in [2.05, 4.69) is 20.7 Å². The number of carboxylic acid groups (broad SMARTS) is 1. The van der Waals surface area contributed by atoms with E-state index in [4.69, 9.17) is 14.6 Å². The highest BCUT2D eigenvalue weighted by Crippen LogP contribution is 2.37. The van der Waals surface area contributed by atoms with Gasteiger partial charge in [0.15, 0.2) is 11.5 Å². The Labute approximate surface area is 136 Å². The number of ether oxygens (including phenoxy) is 2. The van der Waals surface area contributed by atoms with Crippen LogP contribution in [0.15, 0.2) is 21.5 Å². The number of carbonyl (C=O) groups is 1. The van der Waals surface area contributed by atoms with E-state index in [9.17, 15) is 13.2 Å². The number of aliphatic carboxylic acids is 1. The number of nitrogens with one attached hydrogen (secondary N) is 1. The van der Waals surface area contributed by atoms with Crippen LogP contribution in [0.5, 0.6) is 11.5 Å². The smallest absolute Gasteiger partial charge is 0.322 e. The maximum Gasteiger partial charge on any atom is 0.322 e. The number of benzene rings is 1. The molecule has 0 radical (unpaired) electrons. The summed E-state index contributed by atoms with van der Waals surface area (Å²) in [6.45, 7) is 3.96. The van der Waals surface area contributed by atoms with Gasteiger partial charge in [-0.1, -0.05) is 13.8 Å². The SMILES string of the molecule is CC(C)C(NS(=O)(=O)c1cc2c(cc1Br)OCCO2)C(=O)O. The van der Waals surface area contributed by atoms with Crippen LogP contribution in [0.25, 0.3) is 0 Å². The van der Waals surface area contributed by atoms with E-state index in [0.29, 0.717) is 24.7 Å². The van der Waals surface area contributed by atoms with Gasteiger partial charge >= 0.3 is 5.97 Å². The summed E-state index contributed by atoms with van der Waals surface area (Å²) >= 11 is 3.17. The standard InChI is InChI=1S/C13H16BrNO6S/c1-7(2)12(13(16)17)15-22(18,19)11-6-10-9(5-8(11)14)20-3-4-21-10/h5-7,12,15H,3-4H2,1-2H3,(H,16,17). The van der Waals surface area contributed by atoms with Crippen molar-refractivity contribution in [2.75, 3.05) is 13.2 Å². The number of halogens is 1. The molecule has 1 aromatic rings. The number of fused-ring (bicyclic) bond motifs is 1. The highest BCUT2D eigenvalue weighted by Gasteiger charge is 2.30. The van der Waals surface area contributed by atoms with Gasteiger partial charge < -0.3 is 14.6 Å². The minimum Gasteiger partial charge on any atom is -0.486 e. The second-order valence-corrected chi connectivity index (χ2v) is 7.64. The van der Waals surface area contributed by atoms with Crippen molar-refractivity contribution in [3.05, 3.63) is 16.6 Å². The van der Waals surface area contributed by atoms with Crippen molar-refractivity contribution in [1.82, 2.24) is 4.72 Å². The van der Waals surface area contributed by atoms with E-state index in [1.54, 1.807) is 13.8 Å². The quantitative estimate of drug-likeness (QED) is 0.787. The first-order valence-corrected chi connectivity index (χ1v) is 8.84. The van der Waals surface area contributed by atoms with E-state index in [0.717, 1.165) is 0 Å². The maximum absolute atomic E-state index is 12.5. The Morgan fingerprint density at radius 3 is 2.32 bits per heavy atom. The molecule has 0 bridgehead atoms. The molecule has 0 saturated carbocycles. The summed E-state index contributed by atoms with van der Waals surface area (Å²) in [5.74, 6) is -0.877. The molecule has 0 amide bonds. The monoisotopic (exact) mass is 393 g/mol. The summed E-state index contributed by atoms with van der Waals surface area (Å²) < 4.78 is 38.1. The van der Waals surface area contributed by atoms with Crippen LogP contribution in [0.1, 0.15) is 13.8 Å². The van der Waals surface area contributed by atoms with Gasteiger partial charge in [0.25, 0.3) is 0 Å². The van der Waals surface area contributed by atoms with Crippen molar-refractivity contribution in [2.45, 2.75) is 24.8 Å². The van der Waals surface area contributed by atoms with Crippen LogP contribution in [-0.2, 0) is 14.8 Å². The molecule has 1 aromatic carbocycles. The molecule has 0 spiro atoms. The number of hydrogen-bond acceptors (Lipinski definition) is 5. The molecular weight excluding hydrogens is 378 g/mol. The molecule has 2 N–H and O–H groups in total. The number of hydrogen-bond donors (Lipinski definition) is 2. The molecule has 1 atom stereocenters. The summed E-state index contributed by atoms with van der Waals surface area (Å²) in [5.41, 5.74) is 0. The topological polar surface area (TPSA) is 102 Å². The van der Waals surface area contributed by atoms with E-state index in [1.165, 1.54) is 12.1 Å². The molecule has 1 unspecified atom stereocenters. The fourth-order valence-electron chi connectivity index (χ4n) is 1.95. The minimum absolute atomic E-state index is 0.0938. The molecule has 0 aliphatic carbocycles. The summed E-state index contributed by atoms with van der Waals surface area (Å²) in [6.07, 6.45) is 0. The molecule has 1 aliphatic heterocycles. The van der Waals surface area contributed by atoms with Crippen molar-refractivity contribution >= 4 is 31.9 Å². The average Bonchev–Trinajstić information content (AvgIpc) is 2.43. The third-order valence-electron chi connectivity index (χ3n) is 3.10. The summed E-state index contributed by atoms with van der Waals surface area (Å²) in [7, 11) is -4.03. The molecule has 2 rings (SSSR count). The zero-order chi connectivity index (χ0) is 16.5. The molecule has 0 saturated heterocycles. The average molecular weight is 394 g/mol. The van der Waals surface area contributed by atoms with Crippen LogP contribution in [0.2, 0.25) is 0 Å². The Kier molecular flexibility index (Phi) is 4.98. The van der Waals surface area contributed by atoms with Crippen LogP contribution in [0.4, 0.5) is 0 Å². The van der Waals surface area contributed by atoms with Crippen molar-refractivity contribution < 1.29 is 27.8 Å². The first kappa shape index (κ1) is 17.0. The van der Waals surface area contributed by atoms with Crippen LogP contribution in [0, 0.1) is 5.92 Å². The summed E-state index contributed by atoms with van der Waals surface area (Å²) in [5, 5.41) is 9.13. The Hall–Kier alpha value is -1.32. The van der Waals surface area contributed by atoms with Crippen LogP contribution < -0.4 is 14.2 Å². The van der Waals surface area contributed by atoms with Crippen LogP contribution in [0.3, 0.4) is 0 Å². The van der Waals surface area contributed by atoms with Crippen molar-refractivity contribution in [1.29, 1.82) is 0 Å². The van der Waals surface area contributed by atoms with Gasteiger partial charge in [-0.05, 0) is 27.9 Å². The van der Waals surface area contributed by atoms with Gasteiger partial charge in [-0.3, -0.25) is 4.79 Å². The Bertz CT molecular complexity index is 688. The first-order valence-electron chi connectivity index (χ1n) is 6.56. The molecular formula is C13H16BrNO6S. The second kappa shape index (κ2) is 6.43. The van der Waals surface area contributed by atoms with Crippen molar-refractivity contribution in [2.24, 2.45) is 5.92 Å². The third kappa shape index (κ3) is 3.53. The largest absolute Gasteiger partial charge is 0.486 e. The number of sulfonamides is 1. The van der Waals surface area contributed by atoms with E-state index >= 15 is 0 Å². The predicted octanol–water partition coefficient (Wildman–Crippen LogP) is 1.61. The maximum atomic E-state index is 12.5. The highest BCUT2D eigenvalue weighted by molar-refractivity contribution is 9.10. The van der Waals surface area contributed by atoms with Gasteiger partial charge in [0.05, 0.1) is 0 Å². The fraction of sp³-hybridized carbons (Fsp3) is 0.462. The molecule has 1 aliphatic rings. The van der Waals surface area contributed by atoms with Crippen molar-refractivity contribution in [3.63, 3.8) is 0 Å². The van der Waals surface area contributed by atoms with Gasteiger partial charge in [-0.15, -0.1) is 0 Å². The van der Waals surface area contributed by atoms with Gasteiger partial charge in [0.1, 0.15) is 24.2 Å². The number of rotatable bonds is 5. The van der Waals surface area contributed by atoms with Crippen LogP contribution >= 0.6 is 15.9 Å². The van der Waals surface area contributed by atoms with Gasteiger partial charge in [0.2, 0.25) is 10.0 Å². The van der Waals surface area contributed by atoms with Crippen molar-refractivity contribution in [3.8, 4) is 11.5 Å². The molecule has 122 valence electrons. The molecule has 22 heavy (non-hydrogen) atoms. The third-order valence-corrected chi connectivity index (χ3v) is 5.50. The van der Waals surface area contributed by atoms with Crippen LogP contribution in [-0.4, -0.2) is 38.7 Å². The second-order valence-electron chi connectivity index (χ2n) is 5.11. The highest BCUT2D eigenvalue weighted by atomic mass is 79.9.